The first-order chi connectivity index (χ1) is 29.7. The predicted octanol–water partition coefficient (Wildman–Crippen LogP) is 13.9. The number of pyridine rings is 2. The van der Waals surface area contributed by atoms with Gasteiger partial charge in [-0.2, -0.15) is 0 Å². The van der Waals surface area contributed by atoms with Crippen molar-refractivity contribution in [2.45, 2.75) is 0 Å². The van der Waals surface area contributed by atoms with Crippen LogP contribution in [-0.2, 0) is 0 Å². The number of benzene rings is 8. The summed E-state index contributed by atoms with van der Waals surface area (Å²) in [7, 11) is 0. The van der Waals surface area contributed by atoms with Gasteiger partial charge in [-0.15, -0.1) is 20.4 Å². The molecule has 8 aromatic carbocycles. The first-order valence-electron chi connectivity index (χ1n) is 19.7. The number of aromatic nitrogens is 6. The average molecular weight is 803 g/mol. The summed E-state index contributed by atoms with van der Waals surface area (Å²) in [6.07, 6.45) is 0. The minimum absolute atomic E-state index is 0.777. The molecular weight excluding hydrogens is 773 g/mol. The molecule has 12 aromatic rings. The summed E-state index contributed by atoms with van der Waals surface area (Å²) in [5.41, 5.74) is 7.62. The number of hydrogen-bond acceptors (Lipinski definition) is 8. The van der Waals surface area contributed by atoms with Gasteiger partial charge in [-0.3, -0.25) is 0 Å². The van der Waals surface area contributed by atoms with E-state index in [1.165, 1.54) is 43.1 Å². The van der Waals surface area contributed by atoms with Gasteiger partial charge in [-0.1, -0.05) is 156 Å². The van der Waals surface area contributed by atoms with E-state index >= 15 is 0 Å². The van der Waals surface area contributed by atoms with Crippen LogP contribution in [0.3, 0.4) is 0 Å². The Hall–Kier alpha value is -7.52. The quantitative estimate of drug-likeness (QED) is 0.156. The van der Waals surface area contributed by atoms with Crippen LogP contribution in [0.5, 0.6) is 0 Å². The Morgan fingerprint density at radius 2 is 0.667 bits per heavy atom. The largest absolute Gasteiger partial charge is 0.245 e. The van der Waals surface area contributed by atoms with Crippen LogP contribution in [0.15, 0.2) is 182 Å². The van der Waals surface area contributed by atoms with Gasteiger partial charge in [0.25, 0.3) is 0 Å². The summed E-state index contributed by atoms with van der Waals surface area (Å²) >= 11 is 3.10. The first-order valence-corrected chi connectivity index (χ1v) is 21.3. The Balaban J connectivity index is 0.844. The second-order valence-electron chi connectivity index (χ2n) is 14.8. The van der Waals surface area contributed by atoms with Crippen LogP contribution in [-0.4, -0.2) is 30.4 Å². The van der Waals surface area contributed by atoms with Gasteiger partial charge in [-0.25, -0.2) is 9.97 Å². The third-order valence-electron chi connectivity index (χ3n) is 11.2. The van der Waals surface area contributed by atoms with Gasteiger partial charge in [0.2, 0.25) is 0 Å². The van der Waals surface area contributed by atoms with E-state index in [-0.39, 0.29) is 0 Å². The van der Waals surface area contributed by atoms with Crippen molar-refractivity contribution in [3.8, 4) is 65.1 Å². The van der Waals surface area contributed by atoms with Crippen molar-refractivity contribution in [2.75, 3.05) is 0 Å². The van der Waals surface area contributed by atoms with Crippen molar-refractivity contribution in [1.29, 1.82) is 0 Å². The average Bonchev–Trinajstić information content (AvgIpc) is 4.03. The molecule has 0 atom stereocenters. The molecule has 4 aromatic heterocycles. The van der Waals surface area contributed by atoms with E-state index in [2.05, 4.69) is 190 Å². The first kappa shape index (κ1) is 34.5. The van der Waals surface area contributed by atoms with Crippen LogP contribution in [0.25, 0.3) is 119 Å². The lowest BCUT2D eigenvalue weighted by atomic mass is 9.95. The zero-order valence-electron chi connectivity index (χ0n) is 31.8. The standard InChI is InChI=1S/C52H30N6S2/c1-3-13-37-32(11-1)29-43(41-17-7-5-15-39(37)41)45-19-9-21-47(53-45)51-57-55-49(59-51)34-25-23-31-24-26-35(28-36(31)27-34)50-56-58-52(60-50)48-22-10-20-46(54-48)44-30-33-12-2-4-14-38(33)40-16-6-8-18-42(40)44/h1-30H. The van der Waals surface area contributed by atoms with E-state index in [0.717, 1.165) is 75.8 Å². The summed E-state index contributed by atoms with van der Waals surface area (Å²) in [4.78, 5) is 10.3. The van der Waals surface area contributed by atoms with Crippen molar-refractivity contribution < 1.29 is 0 Å². The Morgan fingerprint density at radius 3 is 1.15 bits per heavy atom. The molecule has 6 nitrogen and oxygen atoms in total. The third-order valence-corrected chi connectivity index (χ3v) is 13.2. The summed E-state index contributed by atoms with van der Waals surface area (Å²) in [5.74, 6) is 0. The van der Waals surface area contributed by atoms with Crippen LogP contribution >= 0.6 is 22.7 Å². The topological polar surface area (TPSA) is 77.3 Å². The molecule has 12 rings (SSSR count). The van der Waals surface area contributed by atoms with Gasteiger partial charge in [0, 0.05) is 22.3 Å². The van der Waals surface area contributed by atoms with Gasteiger partial charge in [-0.05, 0) is 102 Å². The van der Waals surface area contributed by atoms with Crippen molar-refractivity contribution in [2.24, 2.45) is 0 Å². The van der Waals surface area contributed by atoms with Gasteiger partial charge in [0.15, 0.2) is 10.0 Å². The fourth-order valence-electron chi connectivity index (χ4n) is 8.34. The minimum atomic E-state index is 0.777. The third kappa shape index (κ3) is 5.92. The number of fused-ring (bicyclic) bond motifs is 7. The molecule has 0 radical (unpaired) electrons. The molecule has 280 valence electrons. The summed E-state index contributed by atoms with van der Waals surface area (Å²) in [6, 6.07) is 63.7. The summed E-state index contributed by atoms with van der Waals surface area (Å²) in [5, 5.41) is 33.6. The van der Waals surface area contributed by atoms with Crippen LogP contribution in [0.1, 0.15) is 0 Å². The molecule has 0 saturated heterocycles. The fourth-order valence-corrected chi connectivity index (χ4v) is 9.96. The molecule has 0 aliphatic heterocycles. The van der Waals surface area contributed by atoms with E-state index in [1.54, 1.807) is 22.7 Å². The maximum absolute atomic E-state index is 5.13. The van der Waals surface area contributed by atoms with Gasteiger partial charge in [0.1, 0.15) is 21.4 Å². The molecule has 0 unspecified atom stereocenters. The monoisotopic (exact) mass is 802 g/mol. The van der Waals surface area contributed by atoms with E-state index < -0.39 is 0 Å². The maximum Gasteiger partial charge on any atom is 0.166 e. The van der Waals surface area contributed by atoms with E-state index in [0.29, 0.717) is 0 Å². The molecule has 8 heteroatoms. The Kier molecular flexibility index (Phi) is 8.11. The van der Waals surface area contributed by atoms with Gasteiger partial charge in [0.05, 0.1) is 11.4 Å². The second kappa shape index (κ2) is 14.1. The molecule has 0 fully saturated rings. The predicted molar refractivity (Wildman–Crippen MR) is 249 cm³/mol. The number of hydrogen-bond donors (Lipinski definition) is 0. The molecular formula is C52H30N6S2. The van der Waals surface area contributed by atoms with E-state index in [9.17, 15) is 0 Å². The molecule has 60 heavy (non-hydrogen) atoms. The van der Waals surface area contributed by atoms with Crippen LogP contribution < -0.4 is 0 Å². The van der Waals surface area contributed by atoms with Gasteiger partial charge >= 0.3 is 0 Å². The van der Waals surface area contributed by atoms with Crippen molar-refractivity contribution >= 4 is 76.5 Å². The highest BCUT2D eigenvalue weighted by Gasteiger charge is 2.17. The molecule has 4 heterocycles. The zero-order chi connectivity index (χ0) is 39.6. The molecule has 0 aliphatic carbocycles. The highest BCUT2D eigenvalue weighted by Crippen LogP contribution is 2.39. The summed E-state index contributed by atoms with van der Waals surface area (Å²) < 4.78 is 0. The number of rotatable bonds is 6. The summed E-state index contributed by atoms with van der Waals surface area (Å²) in [6.45, 7) is 0. The Bertz CT molecular complexity index is 3410. The van der Waals surface area contributed by atoms with Crippen molar-refractivity contribution in [3.05, 3.63) is 182 Å². The molecule has 0 N–H and O–H groups in total. The molecule has 0 saturated carbocycles. The molecule has 0 aliphatic rings. The lowest BCUT2D eigenvalue weighted by Gasteiger charge is -2.11. The Labute approximate surface area is 352 Å². The minimum Gasteiger partial charge on any atom is -0.245 e. The fraction of sp³-hybridized carbons (Fsp3) is 0. The van der Waals surface area contributed by atoms with Crippen LogP contribution in [0.2, 0.25) is 0 Å². The second-order valence-corrected chi connectivity index (χ2v) is 16.8. The zero-order valence-corrected chi connectivity index (χ0v) is 33.5. The van der Waals surface area contributed by atoms with Crippen molar-refractivity contribution in [1.82, 2.24) is 30.4 Å². The van der Waals surface area contributed by atoms with E-state index in [4.69, 9.17) is 9.97 Å². The lowest BCUT2D eigenvalue weighted by Crippen LogP contribution is -1.90. The SMILES string of the molecule is c1cc(-c2nnc(-c3ccc4ccc(-c5nnc(-c6cccc(-c7cc8ccccc8c8ccccc78)n6)s5)cc4c3)s2)nc(-c2cc3ccccc3c3ccccc23)c1. The van der Waals surface area contributed by atoms with Crippen LogP contribution in [0, 0.1) is 0 Å². The Morgan fingerprint density at radius 1 is 0.267 bits per heavy atom. The smallest absolute Gasteiger partial charge is 0.166 e. The highest BCUT2D eigenvalue weighted by molar-refractivity contribution is 7.18. The van der Waals surface area contributed by atoms with E-state index in [1.807, 2.05) is 12.1 Å². The molecule has 0 spiro atoms. The number of nitrogens with zero attached hydrogens (tertiary/aromatic N) is 6. The highest BCUT2D eigenvalue weighted by atomic mass is 32.1. The van der Waals surface area contributed by atoms with Gasteiger partial charge < -0.3 is 0 Å². The normalized spacial score (nSPS) is 11.7. The lowest BCUT2D eigenvalue weighted by molar-refractivity contribution is 1.09. The molecule has 0 bridgehead atoms. The molecule has 0 amide bonds. The van der Waals surface area contributed by atoms with Crippen molar-refractivity contribution in [3.63, 3.8) is 0 Å². The maximum atomic E-state index is 5.13. The van der Waals surface area contributed by atoms with Crippen LogP contribution in [0.4, 0.5) is 0 Å².